The lowest BCUT2D eigenvalue weighted by Crippen LogP contribution is -2.45. The third-order valence-electron chi connectivity index (χ3n) is 6.67. The van der Waals surface area contributed by atoms with E-state index < -0.39 is 5.12 Å². The summed E-state index contributed by atoms with van der Waals surface area (Å²) in [5, 5.41) is 2.16. The lowest BCUT2D eigenvalue weighted by Gasteiger charge is -2.35. The molecule has 2 heterocycles. The number of para-hydroxylation sites is 1. The second-order valence-corrected chi connectivity index (χ2v) is 9.16. The molecule has 3 aliphatic carbocycles. The number of fused-ring (bicyclic) bond motifs is 3. The monoisotopic (exact) mass is 441 g/mol. The van der Waals surface area contributed by atoms with Crippen LogP contribution < -0.4 is 10.1 Å². The molecule has 0 saturated carbocycles. The van der Waals surface area contributed by atoms with Crippen molar-refractivity contribution in [3.63, 3.8) is 0 Å². The molecule has 0 fully saturated rings. The highest BCUT2D eigenvalue weighted by atomic mass is 35.5. The van der Waals surface area contributed by atoms with E-state index in [-0.39, 0.29) is 11.8 Å². The average Bonchev–Trinajstić information content (AvgIpc) is 3.22. The smallest absolute Gasteiger partial charge is 0.232 e. The largest absolute Gasteiger partial charge is 0.461 e. The number of alkyl halides is 1. The second-order valence-electron chi connectivity index (χ2n) is 8.62. The number of nitrogens with one attached hydrogen (secondary N) is 1. The first-order chi connectivity index (χ1) is 15.7. The topological polar surface area (TPSA) is 46.0 Å². The number of amidine groups is 1. The third kappa shape index (κ3) is 3.30. The van der Waals surface area contributed by atoms with Gasteiger partial charge in [0.15, 0.2) is 5.84 Å². The molecular formula is C27H24ClN3O. The summed E-state index contributed by atoms with van der Waals surface area (Å²) in [4.78, 5) is 9.45. The lowest BCUT2D eigenvalue weighted by atomic mass is 9.81. The summed E-state index contributed by atoms with van der Waals surface area (Å²) in [6.45, 7) is 0. The summed E-state index contributed by atoms with van der Waals surface area (Å²) in [5.74, 6) is 3.00. The molecule has 0 amide bonds. The Hall–Kier alpha value is -3.11. The highest BCUT2D eigenvalue weighted by molar-refractivity contribution is 6.28. The number of rotatable bonds is 3. The van der Waals surface area contributed by atoms with Crippen LogP contribution in [0, 0.1) is 5.92 Å². The summed E-state index contributed by atoms with van der Waals surface area (Å²) >= 11 is 7.14. The SMILES string of the molecule is ClC1(C2=CC=CCC2C2=CCCC=C2)N=C(C2=CCC3C(=C2)Oc2ccccc23)N=CN1. The summed E-state index contributed by atoms with van der Waals surface area (Å²) in [6, 6.07) is 8.23. The van der Waals surface area contributed by atoms with E-state index in [0.717, 1.165) is 48.3 Å². The van der Waals surface area contributed by atoms with Crippen LogP contribution >= 0.6 is 11.6 Å². The van der Waals surface area contributed by atoms with Crippen LogP contribution in [0.1, 0.15) is 37.2 Å². The molecular weight excluding hydrogens is 418 g/mol. The number of hydrogen-bond acceptors (Lipinski definition) is 4. The first-order valence-corrected chi connectivity index (χ1v) is 11.6. The lowest BCUT2D eigenvalue weighted by molar-refractivity contribution is 0.424. The molecule has 6 rings (SSSR count). The first kappa shape index (κ1) is 19.6. The minimum atomic E-state index is -1.06. The average molecular weight is 442 g/mol. The molecule has 0 spiro atoms. The highest BCUT2D eigenvalue weighted by Crippen LogP contribution is 2.46. The van der Waals surface area contributed by atoms with Crippen molar-refractivity contribution in [3.05, 3.63) is 101 Å². The van der Waals surface area contributed by atoms with Crippen molar-refractivity contribution in [3.8, 4) is 5.75 Å². The number of aliphatic imine (C=N–C) groups is 2. The van der Waals surface area contributed by atoms with Crippen LogP contribution in [0.2, 0.25) is 0 Å². The Kier molecular flexibility index (Phi) is 4.76. The van der Waals surface area contributed by atoms with E-state index in [0.29, 0.717) is 5.84 Å². The number of hydrogen-bond donors (Lipinski definition) is 1. The fourth-order valence-corrected chi connectivity index (χ4v) is 5.37. The Bertz CT molecular complexity index is 1210. The molecule has 2 aliphatic heterocycles. The molecule has 3 unspecified atom stereocenters. The Morgan fingerprint density at radius 1 is 1.06 bits per heavy atom. The Morgan fingerprint density at radius 2 is 2.00 bits per heavy atom. The molecule has 0 radical (unpaired) electrons. The van der Waals surface area contributed by atoms with E-state index in [1.165, 1.54) is 11.1 Å². The maximum absolute atomic E-state index is 7.14. The molecule has 160 valence electrons. The number of nitrogens with zero attached hydrogens (tertiary/aromatic N) is 2. The molecule has 0 bridgehead atoms. The maximum atomic E-state index is 7.14. The normalized spacial score (nSPS) is 30.1. The molecule has 4 nitrogen and oxygen atoms in total. The van der Waals surface area contributed by atoms with Crippen molar-refractivity contribution >= 4 is 23.8 Å². The molecule has 5 aliphatic rings. The van der Waals surface area contributed by atoms with Crippen molar-refractivity contribution in [2.75, 3.05) is 0 Å². The quantitative estimate of drug-likeness (QED) is 0.456. The maximum Gasteiger partial charge on any atom is 0.232 e. The fourth-order valence-electron chi connectivity index (χ4n) is 5.05. The van der Waals surface area contributed by atoms with E-state index in [1.54, 1.807) is 6.34 Å². The van der Waals surface area contributed by atoms with Gasteiger partial charge in [0.1, 0.15) is 11.5 Å². The standard InChI is InChI=1S/C27H24ClN3O/c28-27(23-12-6-4-10-20(23)18-8-2-1-3-9-18)30-17-29-26(31-27)19-14-15-22-21-11-5-7-13-24(21)32-25(22)16-19/h2,4-9,11-14,16-17,20,22H,1,3,10,15H2,(H,29,30,31). The summed E-state index contributed by atoms with van der Waals surface area (Å²) < 4.78 is 6.13. The molecule has 32 heavy (non-hydrogen) atoms. The van der Waals surface area contributed by atoms with Gasteiger partial charge >= 0.3 is 0 Å². The molecule has 0 saturated heterocycles. The van der Waals surface area contributed by atoms with Gasteiger partial charge in [-0.15, -0.1) is 0 Å². The first-order valence-electron chi connectivity index (χ1n) is 11.2. The van der Waals surface area contributed by atoms with E-state index in [1.807, 2.05) is 12.1 Å². The minimum Gasteiger partial charge on any atom is -0.461 e. The van der Waals surface area contributed by atoms with Crippen LogP contribution in [0.3, 0.4) is 0 Å². The van der Waals surface area contributed by atoms with Crippen molar-refractivity contribution in [1.82, 2.24) is 5.32 Å². The van der Waals surface area contributed by atoms with Crippen molar-refractivity contribution in [1.29, 1.82) is 0 Å². The predicted molar refractivity (Wildman–Crippen MR) is 130 cm³/mol. The van der Waals surface area contributed by atoms with E-state index >= 15 is 0 Å². The second kappa shape index (κ2) is 7.79. The van der Waals surface area contributed by atoms with Crippen molar-refractivity contribution in [2.24, 2.45) is 15.9 Å². The Labute approximate surface area is 193 Å². The van der Waals surface area contributed by atoms with Crippen LogP contribution in [0.5, 0.6) is 5.75 Å². The Balaban J connectivity index is 1.31. The van der Waals surface area contributed by atoms with E-state index in [2.05, 4.69) is 71.1 Å². The van der Waals surface area contributed by atoms with Crippen LogP contribution in [-0.4, -0.2) is 17.3 Å². The van der Waals surface area contributed by atoms with Crippen LogP contribution in [0.15, 0.2) is 105 Å². The Morgan fingerprint density at radius 3 is 2.91 bits per heavy atom. The van der Waals surface area contributed by atoms with Crippen molar-refractivity contribution in [2.45, 2.75) is 36.7 Å². The van der Waals surface area contributed by atoms with Gasteiger partial charge in [-0.25, -0.2) is 9.98 Å². The minimum absolute atomic E-state index is 0.203. The number of allylic oxidation sites excluding steroid dienone is 9. The van der Waals surface area contributed by atoms with Crippen LogP contribution in [0.4, 0.5) is 0 Å². The van der Waals surface area contributed by atoms with Crippen LogP contribution in [0.25, 0.3) is 0 Å². The number of halogens is 1. The molecule has 5 heteroatoms. The van der Waals surface area contributed by atoms with Gasteiger partial charge in [0.2, 0.25) is 5.12 Å². The molecule has 1 aromatic rings. The van der Waals surface area contributed by atoms with Crippen LogP contribution in [-0.2, 0) is 0 Å². The molecule has 0 aromatic heterocycles. The number of benzene rings is 1. The predicted octanol–water partition coefficient (Wildman–Crippen LogP) is 6.08. The number of ether oxygens (including phenoxy) is 1. The molecule has 1 N–H and O–H groups in total. The zero-order chi connectivity index (χ0) is 21.5. The van der Waals surface area contributed by atoms with Crippen molar-refractivity contribution < 1.29 is 4.74 Å². The summed E-state index contributed by atoms with van der Waals surface area (Å²) in [6.07, 6.45) is 23.0. The fraction of sp³-hybridized carbons (Fsp3) is 0.259. The van der Waals surface area contributed by atoms with E-state index in [9.17, 15) is 0 Å². The van der Waals surface area contributed by atoms with Gasteiger partial charge in [-0.3, -0.25) is 0 Å². The van der Waals surface area contributed by atoms with Gasteiger partial charge in [-0.1, -0.05) is 72.3 Å². The summed E-state index contributed by atoms with van der Waals surface area (Å²) in [7, 11) is 0. The summed E-state index contributed by atoms with van der Waals surface area (Å²) in [5.41, 5.74) is 4.56. The van der Waals surface area contributed by atoms with Gasteiger partial charge < -0.3 is 10.1 Å². The molecule has 1 aromatic carbocycles. The van der Waals surface area contributed by atoms with Gasteiger partial charge in [0, 0.05) is 28.5 Å². The van der Waals surface area contributed by atoms with Gasteiger partial charge in [0.25, 0.3) is 0 Å². The van der Waals surface area contributed by atoms with Gasteiger partial charge in [0.05, 0.1) is 6.34 Å². The highest BCUT2D eigenvalue weighted by Gasteiger charge is 2.39. The van der Waals surface area contributed by atoms with E-state index in [4.69, 9.17) is 21.3 Å². The molecule has 3 atom stereocenters. The van der Waals surface area contributed by atoms with Gasteiger partial charge in [-0.2, -0.15) is 0 Å². The zero-order valence-electron chi connectivity index (χ0n) is 17.7. The third-order valence-corrected chi connectivity index (χ3v) is 7.08. The zero-order valence-corrected chi connectivity index (χ0v) is 18.4. The van der Waals surface area contributed by atoms with Gasteiger partial charge in [-0.05, 0) is 43.4 Å².